The summed E-state index contributed by atoms with van der Waals surface area (Å²) >= 11 is 5.98. The highest BCUT2D eigenvalue weighted by Crippen LogP contribution is 2.27. The predicted molar refractivity (Wildman–Crippen MR) is 122 cm³/mol. The van der Waals surface area contributed by atoms with Gasteiger partial charge in [0.25, 0.3) is 0 Å². The zero-order valence-corrected chi connectivity index (χ0v) is 18.2. The number of carbonyl (C=O) groups is 2. The number of carbonyl (C=O) groups excluding carboxylic acids is 2. The van der Waals surface area contributed by atoms with Crippen molar-refractivity contribution in [2.24, 2.45) is 5.92 Å². The molecule has 2 heterocycles. The summed E-state index contributed by atoms with van der Waals surface area (Å²) in [4.78, 5) is 29.3. The molecule has 6 heteroatoms. The molecule has 1 unspecified atom stereocenters. The minimum Gasteiger partial charge on any atom is -0.370 e. The molecule has 31 heavy (non-hydrogen) atoms. The number of piperidine rings is 1. The van der Waals surface area contributed by atoms with Crippen molar-refractivity contribution in [2.45, 2.75) is 18.9 Å². The van der Waals surface area contributed by atoms with Gasteiger partial charge in [-0.1, -0.05) is 54.1 Å². The first-order valence-corrected chi connectivity index (χ1v) is 11.2. The average molecular weight is 439 g/mol. The molecule has 0 aliphatic carbocycles. The van der Waals surface area contributed by atoms with Crippen molar-refractivity contribution in [3.8, 4) is 0 Å². The second-order valence-corrected chi connectivity index (χ2v) is 8.48. The number of nitrogens with zero attached hydrogens (tertiary/aromatic N) is 2. The van der Waals surface area contributed by atoms with Crippen LogP contribution in [-0.2, 0) is 14.3 Å². The van der Waals surface area contributed by atoms with Crippen LogP contribution in [-0.4, -0.2) is 54.4 Å². The highest BCUT2D eigenvalue weighted by Gasteiger charge is 2.32. The summed E-state index contributed by atoms with van der Waals surface area (Å²) in [6.07, 6.45) is 4.74. The van der Waals surface area contributed by atoms with Gasteiger partial charge < -0.3 is 14.5 Å². The van der Waals surface area contributed by atoms with Gasteiger partial charge in [0.1, 0.15) is 6.10 Å². The van der Waals surface area contributed by atoms with Crippen LogP contribution < -0.4 is 0 Å². The summed E-state index contributed by atoms with van der Waals surface area (Å²) in [6, 6.07) is 17.4. The third kappa shape index (κ3) is 5.54. The van der Waals surface area contributed by atoms with Gasteiger partial charge in [-0.15, -0.1) is 0 Å². The van der Waals surface area contributed by atoms with Crippen LogP contribution in [0.3, 0.4) is 0 Å². The molecule has 2 aliphatic rings. The maximum Gasteiger partial charge on any atom is 0.246 e. The Labute approximate surface area is 188 Å². The lowest BCUT2D eigenvalue weighted by Crippen LogP contribution is -2.48. The Bertz CT molecular complexity index is 922. The molecule has 0 spiro atoms. The SMILES string of the molecule is O=C(C=Cc1ccccc1)N1CCC(C(=O)N2CCOC(c3ccc(Cl)cc3)C2)CC1. The van der Waals surface area contributed by atoms with Crippen molar-refractivity contribution < 1.29 is 14.3 Å². The van der Waals surface area contributed by atoms with Crippen molar-refractivity contribution in [3.05, 3.63) is 76.8 Å². The second kappa shape index (κ2) is 10.1. The normalized spacial score (nSPS) is 20.2. The molecule has 2 aromatic rings. The molecule has 0 bridgehead atoms. The van der Waals surface area contributed by atoms with Crippen LogP contribution in [0.2, 0.25) is 5.02 Å². The van der Waals surface area contributed by atoms with Gasteiger partial charge in [0, 0.05) is 36.7 Å². The summed E-state index contributed by atoms with van der Waals surface area (Å²) in [5.41, 5.74) is 2.04. The third-order valence-electron chi connectivity index (χ3n) is 5.99. The Kier molecular flexibility index (Phi) is 7.05. The molecule has 5 nitrogen and oxygen atoms in total. The number of rotatable bonds is 4. The number of morpholine rings is 1. The summed E-state index contributed by atoms with van der Waals surface area (Å²) in [6.45, 7) is 2.92. The van der Waals surface area contributed by atoms with Crippen LogP contribution in [0.5, 0.6) is 0 Å². The molecule has 2 saturated heterocycles. The minimum atomic E-state index is -0.125. The lowest BCUT2D eigenvalue weighted by molar-refractivity contribution is -0.146. The van der Waals surface area contributed by atoms with Gasteiger partial charge in [0.15, 0.2) is 0 Å². The molecule has 2 aliphatic heterocycles. The second-order valence-electron chi connectivity index (χ2n) is 8.04. The van der Waals surface area contributed by atoms with E-state index in [0.29, 0.717) is 50.7 Å². The summed E-state index contributed by atoms with van der Waals surface area (Å²) in [7, 11) is 0. The van der Waals surface area contributed by atoms with Gasteiger partial charge in [-0.05, 0) is 42.2 Å². The number of hydrogen-bond donors (Lipinski definition) is 0. The topological polar surface area (TPSA) is 49.9 Å². The summed E-state index contributed by atoms with van der Waals surface area (Å²) < 4.78 is 5.89. The number of halogens is 1. The van der Waals surface area contributed by atoms with E-state index in [1.165, 1.54) is 0 Å². The molecule has 162 valence electrons. The molecule has 0 aromatic heterocycles. The van der Waals surface area contributed by atoms with Crippen molar-refractivity contribution >= 4 is 29.5 Å². The molecule has 0 radical (unpaired) electrons. The fourth-order valence-corrected chi connectivity index (χ4v) is 4.30. The summed E-state index contributed by atoms with van der Waals surface area (Å²) in [5, 5.41) is 0.687. The molecule has 0 saturated carbocycles. The quantitative estimate of drug-likeness (QED) is 0.672. The Morgan fingerprint density at radius 1 is 0.935 bits per heavy atom. The van der Waals surface area contributed by atoms with Gasteiger partial charge in [-0.2, -0.15) is 0 Å². The van der Waals surface area contributed by atoms with Gasteiger partial charge in [-0.3, -0.25) is 9.59 Å². The van der Waals surface area contributed by atoms with E-state index >= 15 is 0 Å². The third-order valence-corrected chi connectivity index (χ3v) is 6.25. The van der Waals surface area contributed by atoms with Crippen LogP contribution in [0, 0.1) is 5.92 Å². The minimum absolute atomic E-state index is 0.00364. The standard InChI is InChI=1S/C25H27ClN2O3/c26-22-9-7-20(8-10-22)23-18-28(16-17-31-23)25(30)21-12-14-27(15-13-21)24(29)11-6-19-4-2-1-3-5-19/h1-11,21,23H,12-18H2. The van der Waals surface area contributed by atoms with E-state index in [0.717, 1.165) is 11.1 Å². The molecule has 2 fully saturated rings. The molecule has 4 rings (SSSR count). The van der Waals surface area contributed by atoms with Gasteiger partial charge in [-0.25, -0.2) is 0 Å². The van der Waals surface area contributed by atoms with E-state index in [1.807, 2.05) is 70.5 Å². The fourth-order valence-electron chi connectivity index (χ4n) is 4.17. The highest BCUT2D eigenvalue weighted by molar-refractivity contribution is 6.30. The first kappa shape index (κ1) is 21.6. The number of likely N-dealkylation sites (tertiary alicyclic amines) is 1. The van der Waals surface area contributed by atoms with Crippen LogP contribution in [0.15, 0.2) is 60.7 Å². The Balaban J connectivity index is 1.29. The monoisotopic (exact) mass is 438 g/mol. The zero-order valence-electron chi connectivity index (χ0n) is 17.5. The van der Waals surface area contributed by atoms with Crippen molar-refractivity contribution in [2.75, 3.05) is 32.8 Å². The van der Waals surface area contributed by atoms with Crippen LogP contribution >= 0.6 is 11.6 Å². The Morgan fingerprint density at radius 3 is 2.35 bits per heavy atom. The van der Waals surface area contributed by atoms with Gasteiger partial charge >= 0.3 is 0 Å². The lowest BCUT2D eigenvalue weighted by atomic mass is 9.94. The van der Waals surface area contributed by atoms with E-state index in [-0.39, 0.29) is 23.8 Å². The maximum atomic E-state index is 13.1. The Hall–Kier alpha value is -2.63. The smallest absolute Gasteiger partial charge is 0.246 e. The van der Waals surface area contributed by atoms with Gasteiger partial charge in [0.05, 0.1) is 13.2 Å². The molecule has 1 atom stereocenters. The van der Waals surface area contributed by atoms with Crippen LogP contribution in [0.25, 0.3) is 6.08 Å². The van der Waals surface area contributed by atoms with Crippen LogP contribution in [0.4, 0.5) is 0 Å². The molecular formula is C25H27ClN2O3. The van der Waals surface area contributed by atoms with Crippen molar-refractivity contribution in [1.82, 2.24) is 9.80 Å². The summed E-state index contributed by atoms with van der Waals surface area (Å²) in [5.74, 6) is 0.143. The zero-order chi connectivity index (χ0) is 21.6. The number of benzene rings is 2. The highest BCUT2D eigenvalue weighted by atomic mass is 35.5. The predicted octanol–water partition coefficient (Wildman–Crippen LogP) is 4.19. The molecule has 2 amide bonds. The largest absolute Gasteiger partial charge is 0.370 e. The number of amides is 2. The van der Waals surface area contributed by atoms with E-state index in [4.69, 9.17) is 16.3 Å². The van der Waals surface area contributed by atoms with Crippen molar-refractivity contribution in [3.63, 3.8) is 0 Å². The van der Waals surface area contributed by atoms with E-state index < -0.39 is 0 Å². The first-order chi connectivity index (χ1) is 15.1. The van der Waals surface area contributed by atoms with E-state index in [2.05, 4.69) is 0 Å². The molecule has 0 N–H and O–H groups in total. The van der Waals surface area contributed by atoms with E-state index in [9.17, 15) is 9.59 Å². The number of ether oxygens (including phenoxy) is 1. The first-order valence-electron chi connectivity index (χ1n) is 10.8. The van der Waals surface area contributed by atoms with Gasteiger partial charge in [0.2, 0.25) is 11.8 Å². The fraction of sp³-hybridized carbons (Fsp3) is 0.360. The average Bonchev–Trinajstić information content (AvgIpc) is 2.83. The van der Waals surface area contributed by atoms with Crippen LogP contribution in [0.1, 0.15) is 30.1 Å². The molecular weight excluding hydrogens is 412 g/mol. The maximum absolute atomic E-state index is 13.1. The van der Waals surface area contributed by atoms with E-state index in [1.54, 1.807) is 6.08 Å². The lowest BCUT2D eigenvalue weighted by Gasteiger charge is -2.37. The number of hydrogen-bond acceptors (Lipinski definition) is 3. The Morgan fingerprint density at radius 2 is 1.65 bits per heavy atom. The van der Waals surface area contributed by atoms with Crippen molar-refractivity contribution in [1.29, 1.82) is 0 Å². The molecule has 2 aromatic carbocycles.